The number of rotatable bonds is 8. The van der Waals surface area contributed by atoms with Crippen molar-refractivity contribution in [2.45, 2.75) is 25.8 Å². The second-order valence-corrected chi connectivity index (χ2v) is 10.4. The first kappa shape index (κ1) is 26.6. The fraction of sp³-hybridized carbons (Fsp3) is 0.226. The number of hydrogen-bond donors (Lipinski definition) is 1. The molecule has 0 aliphatic carbocycles. The highest BCUT2D eigenvalue weighted by molar-refractivity contribution is 9.10. The summed E-state index contributed by atoms with van der Waals surface area (Å²) in [7, 11) is 1.64. The van der Waals surface area contributed by atoms with Crippen LogP contribution in [0.3, 0.4) is 0 Å². The van der Waals surface area contributed by atoms with Gasteiger partial charge in [-0.25, -0.2) is 4.79 Å². The van der Waals surface area contributed by atoms with Crippen molar-refractivity contribution in [2.75, 3.05) is 30.4 Å². The molecule has 1 N–H and O–H groups in total. The highest BCUT2D eigenvalue weighted by Gasteiger charge is 2.37. The van der Waals surface area contributed by atoms with E-state index in [1.54, 1.807) is 12.0 Å². The van der Waals surface area contributed by atoms with Crippen LogP contribution in [-0.4, -0.2) is 41.6 Å². The van der Waals surface area contributed by atoms with E-state index < -0.39 is 0 Å². The van der Waals surface area contributed by atoms with E-state index in [1.165, 1.54) is 0 Å². The summed E-state index contributed by atoms with van der Waals surface area (Å²) in [6.45, 7) is 2.49. The van der Waals surface area contributed by atoms with Crippen LogP contribution in [-0.2, 0) is 4.79 Å². The van der Waals surface area contributed by atoms with Gasteiger partial charge >= 0.3 is 6.03 Å². The Hall–Kier alpha value is -4.04. The fourth-order valence-corrected chi connectivity index (χ4v) is 5.37. The molecule has 8 heteroatoms. The van der Waals surface area contributed by atoms with Gasteiger partial charge in [-0.05, 0) is 66.6 Å². The maximum absolute atomic E-state index is 14.2. The average molecular weight is 588 g/mol. The zero-order valence-electron chi connectivity index (χ0n) is 22.0. The van der Waals surface area contributed by atoms with Crippen molar-refractivity contribution >= 4 is 39.2 Å². The number of aromatic nitrogens is 1. The number of amides is 3. The summed E-state index contributed by atoms with van der Waals surface area (Å²) in [4.78, 5) is 31.1. The first-order valence-corrected chi connectivity index (χ1v) is 13.8. The molecule has 0 saturated carbocycles. The molecule has 1 aliphatic heterocycles. The third-order valence-electron chi connectivity index (χ3n) is 6.89. The van der Waals surface area contributed by atoms with Crippen LogP contribution in [0.5, 0.6) is 5.75 Å². The Morgan fingerprint density at radius 3 is 2.46 bits per heavy atom. The number of ether oxygens (including phenoxy) is 1. The van der Waals surface area contributed by atoms with Crippen LogP contribution in [0.1, 0.15) is 37.1 Å². The number of carbonyl (C=O) groups excluding carboxylic acids is 2. The summed E-state index contributed by atoms with van der Waals surface area (Å²) in [5, 5.41) is 2.95. The molecule has 1 aromatic heterocycles. The van der Waals surface area contributed by atoms with Crippen molar-refractivity contribution < 1.29 is 14.3 Å². The number of fused-ring (bicyclic) bond motifs is 3. The Morgan fingerprint density at radius 2 is 1.74 bits per heavy atom. The van der Waals surface area contributed by atoms with E-state index in [1.807, 2.05) is 96.0 Å². The van der Waals surface area contributed by atoms with E-state index >= 15 is 0 Å². The average Bonchev–Trinajstić information content (AvgIpc) is 3.44. The molecule has 1 atom stereocenters. The smallest absolute Gasteiger partial charge is 0.322 e. The summed E-state index contributed by atoms with van der Waals surface area (Å²) >= 11 is 3.45. The van der Waals surface area contributed by atoms with Crippen molar-refractivity contribution in [3.63, 3.8) is 0 Å². The zero-order valence-corrected chi connectivity index (χ0v) is 23.6. The van der Waals surface area contributed by atoms with Gasteiger partial charge in [-0.15, -0.1) is 0 Å². The van der Waals surface area contributed by atoms with Crippen LogP contribution < -0.4 is 15.0 Å². The summed E-state index contributed by atoms with van der Waals surface area (Å²) in [6.07, 6.45) is 3.72. The van der Waals surface area contributed by atoms with Crippen LogP contribution in [0.4, 0.5) is 16.2 Å². The van der Waals surface area contributed by atoms with Crippen LogP contribution >= 0.6 is 15.9 Å². The highest BCUT2D eigenvalue weighted by Crippen LogP contribution is 2.42. The van der Waals surface area contributed by atoms with Gasteiger partial charge in [0.15, 0.2) is 0 Å². The highest BCUT2D eigenvalue weighted by atomic mass is 79.9. The van der Waals surface area contributed by atoms with E-state index in [-0.39, 0.29) is 24.5 Å². The molecule has 2 heterocycles. The van der Waals surface area contributed by atoms with E-state index in [9.17, 15) is 9.59 Å². The molecule has 7 nitrogen and oxygen atoms in total. The fourth-order valence-electron chi connectivity index (χ4n) is 4.97. The molecule has 200 valence electrons. The maximum atomic E-state index is 14.2. The van der Waals surface area contributed by atoms with Crippen molar-refractivity contribution in [2.24, 2.45) is 0 Å². The first-order valence-electron chi connectivity index (χ1n) is 13.0. The summed E-state index contributed by atoms with van der Waals surface area (Å²) < 4.78 is 8.37. The summed E-state index contributed by atoms with van der Waals surface area (Å²) in [5.41, 5.74) is 4.33. The molecule has 4 aromatic rings. The van der Waals surface area contributed by atoms with Crippen molar-refractivity contribution in [3.8, 4) is 11.4 Å². The molecule has 0 bridgehead atoms. The van der Waals surface area contributed by atoms with Crippen LogP contribution in [0, 0.1) is 0 Å². The quantitative estimate of drug-likeness (QED) is 0.241. The normalized spacial score (nSPS) is 13.8. The van der Waals surface area contributed by atoms with Crippen LogP contribution in [0.15, 0.2) is 95.6 Å². The first-order chi connectivity index (χ1) is 19.0. The van der Waals surface area contributed by atoms with Gasteiger partial charge in [-0.1, -0.05) is 59.6 Å². The minimum absolute atomic E-state index is 0.0540. The van der Waals surface area contributed by atoms with Crippen molar-refractivity contribution in [3.05, 3.63) is 107 Å². The van der Waals surface area contributed by atoms with E-state index in [2.05, 4.69) is 32.7 Å². The van der Waals surface area contributed by atoms with Crippen LogP contribution in [0.2, 0.25) is 0 Å². The Bertz CT molecular complexity index is 1470. The number of urea groups is 1. The molecule has 1 aliphatic rings. The molecule has 0 spiro atoms. The minimum atomic E-state index is -0.366. The van der Waals surface area contributed by atoms with Crippen molar-refractivity contribution in [1.29, 1.82) is 0 Å². The number of nitrogens with zero attached hydrogens (tertiary/aromatic N) is 3. The molecular weight excluding hydrogens is 556 g/mol. The third kappa shape index (κ3) is 5.56. The molecule has 3 aromatic carbocycles. The topological polar surface area (TPSA) is 66.8 Å². The van der Waals surface area contributed by atoms with Gasteiger partial charge in [-0.3, -0.25) is 9.69 Å². The van der Waals surface area contributed by atoms with Gasteiger partial charge in [0.25, 0.3) is 0 Å². The predicted octanol–water partition coefficient (Wildman–Crippen LogP) is 7.02. The van der Waals surface area contributed by atoms with Crippen LogP contribution in [0.25, 0.3) is 5.69 Å². The zero-order chi connectivity index (χ0) is 27.4. The molecule has 5 rings (SSSR count). The minimum Gasteiger partial charge on any atom is -0.497 e. The Labute approximate surface area is 237 Å². The van der Waals surface area contributed by atoms with E-state index in [0.29, 0.717) is 12.2 Å². The number of unbranched alkanes of at least 4 members (excludes halogenated alkanes) is 1. The lowest BCUT2D eigenvalue weighted by molar-refractivity contribution is -0.119. The van der Waals surface area contributed by atoms with Gasteiger partial charge in [-0.2, -0.15) is 0 Å². The number of para-hydroxylation sites is 2. The van der Waals surface area contributed by atoms with E-state index in [4.69, 9.17) is 4.74 Å². The van der Waals surface area contributed by atoms with Gasteiger partial charge in [0, 0.05) is 22.9 Å². The lowest BCUT2D eigenvalue weighted by atomic mass is 9.97. The molecule has 0 fully saturated rings. The number of halogens is 1. The van der Waals surface area contributed by atoms with Gasteiger partial charge < -0.3 is 19.5 Å². The lowest BCUT2D eigenvalue weighted by Crippen LogP contribution is -2.48. The molecular formula is C31H31BrN4O3. The number of methoxy groups -OCH3 is 1. The molecule has 3 amide bonds. The molecule has 0 saturated heterocycles. The third-order valence-corrected chi connectivity index (χ3v) is 7.38. The number of anilines is 2. The Morgan fingerprint density at radius 1 is 0.974 bits per heavy atom. The number of carbonyl (C=O) groups is 2. The van der Waals surface area contributed by atoms with Crippen molar-refractivity contribution in [1.82, 2.24) is 9.47 Å². The molecule has 0 radical (unpaired) electrons. The number of nitrogens with one attached hydrogen (secondary N) is 1. The predicted molar refractivity (Wildman–Crippen MR) is 158 cm³/mol. The summed E-state index contributed by atoms with van der Waals surface area (Å²) in [6, 6.07) is 26.5. The second-order valence-electron chi connectivity index (χ2n) is 9.45. The monoisotopic (exact) mass is 586 g/mol. The Balaban J connectivity index is 1.50. The molecule has 39 heavy (non-hydrogen) atoms. The Kier molecular flexibility index (Phi) is 8.02. The number of benzene rings is 3. The lowest BCUT2D eigenvalue weighted by Gasteiger charge is -2.39. The van der Waals surface area contributed by atoms with E-state index in [0.717, 1.165) is 45.7 Å². The molecule has 1 unspecified atom stereocenters. The number of hydrogen-bond acceptors (Lipinski definition) is 3. The second kappa shape index (κ2) is 11.8. The maximum Gasteiger partial charge on any atom is 0.322 e. The van der Waals surface area contributed by atoms with Gasteiger partial charge in [0.05, 0.1) is 24.2 Å². The summed E-state index contributed by atoms with van der Waals surface area (Å²) in [5.74, 6) is 0.592. The largest absolute Gasteiger partial charge is 0.497 e. The standard InChI is InChI=1S/C31H31BrN4O3/c1-3-4-18-34(31(38)33-24-10-7-9-23(32)20-24)21-29(37)36-27-12-6-5-11-26(27)35-19-8-13-28(35)30(36)22-14-16-25(39-2)17-15-22/h5-17,19-20,30H,3-4,18,21H2,1-2H3,(H,33,38). The SMILES string of the molecule is CCCCN(CC(=O)N1c2ccccc2-n2cccc2C1c1ccc(OC)cc1)C(=O)Nc1cccc(Br)c1. The van der Waals surface area contributed by atoms with Gasteiger partial charge in [0.1, 0.15) is 18.3 Å². The van der Waals surface area contributed by atoms with Gasteiger partial charge in [0.2, 0.25) is 5.91 Å².